The fourth-order valence-corrected chi connectivity index (χ4v) is 2.59. The van der Waals surface area contributed by atoms with Crippen molar-refractivity contribution in [1.82, 2.24) is 0 Å². The van der Waals surface area contributed by atoms with E-state index in [1.807, 2.05) is 0 Å². The topological polar surface area (TPSA) is 53.7 Å². The first-order chi connectivity index (χ1) is 10.1. The van der Waals surface area contributed by atoms with Gasteiger partial charge in [-0.3, -0.25) is 0 Å². The van der Waals surface area contributed by atoms with E-state index in [2.05, 4.69) is 32.9 Å². The second kappa shape index (κ2) is 9.90. The summed E-state index contributed by atoms with van der Waals surface area (Å²) in [5.74, 6) is 0. The van der Waals surface area contributed by atoms with Crippen LogP contribution in [0.5, 0.6) is 0 Å². The minimum absolute atomic E-state index is 0.0842. The van der Waals surface area contributed by atoms with Gasteiger partial charge in [-0.2, -0.15) is 0 Å². The first-order valence-electron chi connectivity index (χ1n) is 7.54. The monoisotopic (exact) mass is 295 g/mol. The Morgan fingerprint density at radius 2 is 1.57 bits per heavy atom. The van der Waals surface area contributed by atoms with Crippen molar-refractivity contribution < 1.29 is 14.2 Å². The quantitative estimate of drug-likeness (QED) is 0.674. The van der Waals surface area contributed by atoms with Gasteiger partial charge in [0, 0.05) is 20.3 Å². The second-order valence-electron chi connectivity index (χ2n) is 5.45. The molecule has 0 aliphatic rings. The van der Waals surface area contributed by atoms with Crippen LogP contribution < -0.4 is 5.73 Å². The Morgan fingerprint density at radius 1 is 0.952 bits per heavy atom. The summed E-state index contributed by atoms with van der Waals surface area (Å²) in [6, 6.07) is 4.25. The highest BCUT2D eigenvalue weighted by Crippen LogP contribution is 2.22. The molecule has 4 heteroatoms. The van der Waals surface area contributed by atoms with Gasteiger partial charge in [-0.05, 0) is 43.9 Å². The highest BCUT2D eigenvalue weighted by atomic mass is 16.5. The van der Waals surface area contributed by atoms with E-state index in [1.54, 1.807) is 7.11 Å². The predicted octanol–water partition coefficient (Wildman–Crippen LogP) is 2.68. The molecule has 0 heterocycles. The molecule has 0 aliphatic heterocycles. The van der Waals surface area contributed by atoms with Crippen LogP contribution >= 0.6 is 0 Å². The maximum absolute atomic E-state index is 6.24. The fraction of sp³-hybridized carbons (Fsp3) is 0.647. The van der Waals surface area contributed by atoms with Gasteiger partial charge in [0.2, 0.25) is 0 Å². The molecule has 4 nitrogen and oxygen atoms in total. The average molecular weight is 295 g/mol. The van der Waals surface area contributed by atoms with Gasteiger partial charge in [-0.15, -0.1) is 0 Å². The smallest absolute Gasteiger partial charge is 0.0701 e. The third-order valence-corrected chi connectivity index (χ3v) is 3.42. The number of aryl methyl sites for hydroxylation is 3. The van der Waals surface area contributed by atoms with E-state index in [-0.39, 0.29) is 6.04 Å². The van der Waals surface area contributed by atoms with Gasteiger partial charge in [-0.25, -0.2) is 0 Å². The van der Waals surface area contributed by atoms with Crippen LogP contribution in [-0.2, 0) is 14.2 Å². The van der Waals surface area contributed by atoms with Crippen LogP contribution in [0.1, 0.15) is 34.7 Å². The summed E-state index contributed by atoms with van der Waals surface area (Å²) in [5.41, 5.74) is 11.2. The molecule has 120 valence electrons. The van der Waals surface area contributed by atoms with Crippen LogP contribution in [0.4, 0.5) is 0 Å². The molecule has 1 aromatic rings. The molecule has 0 aromatic heterocycles. The summed E-state index contributed by atoms with van der Waals surface area (Å²) in [7, 11) is 1.69. The summed E-state index contributed by atoms with van der Waals surface area (Å²) < 4.78 is 16.0. The lowest BCUT2D eigenvalue weighted by Crippen LogP contribution is -2.21. The van der Waals surface area contributed by atoms with Gasteiger partial charge < -0.3 is 19.9 Å². The number of benzene rings is 1. The lowest BCUT2D eigenvalue weighted by atomic mass is 9.95. The summed E-state index contributed by atoms with van der Waals surface area (Å²) >= 11 is 0. The number of hydrogen-bond donors (Lipinski definition) is 1. The molecule has 1 unspecified atom stereocenters. The second-order valence-corrected chi connectivity index (χ2v) is 5.45. The largest absolute Gasteiger partial charge is 0.385 e. The van der Waals surface area contributed by atoms with E-state index >= 15 is 0 Å². The lowest BCUT2D eigenvalue weighted by Gasteiger charge is -2.18. The van der Waals surface area contributed by atoms with Crippen molar-refractivity contribution in [3.63, 3.8) is 0 Å². The van der Waals surface area contributed by atoms with Gasteiger partial charge in [0.1, 0.15) is 0 Å². The maximum atomic E-state index is 6.24. The van der Waals surface area contributed by atoms with Crippen molar-refractivity contribution in [3.05, 3.63) is 34.4 Å². The van der Waals surface area contributed by atoms with E-state index in [0.29, 0.717) is 26.4 Å². The van der Waals surface area contributed by atoms with Crippen LogP contribution in [0, 0.1) is 20.8 Å². The first kappa shape index (κ1) is 18.1. The van der Waals surface area contributed by atoms with Crippen molar-refractivity contribution in [2.24, 2.45) is 5.73 Å². The van der Waals surface area contributed by atoms with Crippen molar-refractivity contribution >= 4 is 0 Å². The molecule has 0 fully saturated rings. The molecule has 0 amide bonds. The minimum atomic E-state index is -0.0842. The van der Waals surface area contributed by atoms with Gasteiger partial charge in [0.05, 0.1) is 25.9 Å². The molecule has 0 radical (unpaired) electrons. The van der Waals surface area contributed by atoms with Crippen LogP contribution in [0.25, 0.3) is 0 Å². The Kier molecular flexibility index (Phi) is 8.54. The molecule has 0 saturated heterocycles. The van der Waals surface area contributed by atoms with E-state index in [4.69, 9.17) is 19.9 Å². The van der Waals surface area contributed by atoms with E-state index in [9.17, 15) is 0 Å². The van der Waals surface area contributed by atoms with Crippen LogP contribution in [0.3, 0.4) is 0 Å². The van der Waals surface area contributed by atoms with Gasteiger partial charge in [-0.1, -0.05) is 17.7 Å². The first-order valence-corrected chi connectivity index (χ1v) is 7.54. The summed E-state index contributed by atoms with van der Waals surface area (Å²) in [5, 5.41) is 0. The molecule has 0 bridgehead atoms. The highest BCUT2D eigenvalue weighted by Gasteiger charge is 2.12. The third-order valence-electron chi connectivity index (χ3n) is 3.42. The molecule has 21 heavy (non-hydrogen) atoms. The fourth-order valence-electron chi connectivity index (χ4n) is 2.59. The van der Waals surface area contributed by atoms with Crippen molar-refractivity contribution in [2.75, 3.05) is 40.1 Å². The molecule has 0 spiro atoms. The number of ether oxygens (including phenoxy) is 3. The molecule has 2 N–H and O–H groups in total. The molecule has 1 rings (SSSR count). The van der Waals surface area contributed by atoms with Crippen molar-refractivity contribution in [1.29, 1.82) is 0 Å². The number of rotatable bonds is 10. The van der Waals surface area contributed by atoms with Crippen LogP contribution in [0.15, 0.2) is 12.1 Å². The van der Waals surface area contributed by atoms with E-state index in [1.165, 1.54) is 22.3 Å². The van der Waals surface area contributed by atoms with Crippen molar-refractivity contribution in [3.8, 4) is 0 Å². The maximum Gasteiger partial charge on any atom is 0.0701 e. The Labute approximate surface area is 128 Å². The average Bonchev–Trinajstić information content (AvgIpc) is 2.40. The molecule has 1 atom stereocenters. The Bertz CT molecular complexity index is 397. The van der Waals surface area contributed by atoms with Gasteiger partial charge >= 0.3 is 0 Å². The zero-order chi connectivity index (χ0) is 15.7. The Morgan fingerprint density at radius 3 is 2.19 bits per heavy atom. The number of hydrogen-bond acceptors (Lipinski definition) is 4. The van der Waals surface area contributed by atoms with E-state index in [0.717, 1.165) is 13.0 Å². The standard InChI is InChI=1S/C17H29NO3/c1-13-10-14(2)17(15(3)11-13)16(18)12-21-9-8-20-7-5-6-19-4/h10-11,16H,5-9,12,18H2,1-4H3. The van der Waals surface area contributed by atoms with Crippen molar-refractivity contribution in [2.45, 2.75) is 33.2 Å². The lowest BCUT2D eigenvalue weighted by molar-refractivity contribution is 0.0354. The number of methoxy groups -OCH3 is 1. The number of nitrogens with two attached hydrogens (primary N) is 1. The summed E-state index contributed by atoms with van der Waals surface area (Å²) in [6.45, 7) is 9.45. The zero-order valence-corrected chi connectivity index (χ0v) is 13.8. The van der Waals surface area contributed by atoms with Crippen LogP contribution in [-0.4, -0.2) is 40.1 Å². The minimum Gasteiger partial charge on any atom is -0.385 e. The SMILES string of the molecule is COCCCOCCOCC(N)c1c(C)cc(C)cc1C. The zero-order valence-electron chi connectivity index (χ0n) is 13.8. The summed E-state index contributed by atoms with van der Waals surface area (Å²) in [6.07, 6.45) is 0.914. The normalized spacial score (nSPS) is 12.6. The molecular formula is C17H29NO3. The molecule has 0 saturated carbocycles. The van der Waals surface area contributed by atoms with Gasteiger partial charge in [0.25, 0.3) is 0 Å². The Balaban J connectivity index is 2.27. The Hall–Kier alpha value is -0.940. The van der Waals surface area contributed by atoms with E-state index < -0.39 is 0 Å². The predicted molar refractivity (Wildman–Crippen MR) is 85.7 cm³/mol. The molecule has 1 aromatic carbocycles. The third kappa shape index (κ3) is 6.57. The highest BCUT2D eigenvalue weighted by molar-refractivity contribution is 5.39. The molecule has 0 aliphatic carbocycles. The molecular weight excluding hydrogens is 266 g/mol. The van der Waals surface area contributed by atoms with Crippen LogP contribution in [0.2, 0.25) is 0 Å². The summed E-state index contributed by atoms with van der Waals surface area (Å²) in [4.78, 5) is 0. The van der Waals surface area contributed by atoms with Gasteiger partial charge in [0.15, 0.2) is 0 Å².